The van der Waals surface area contributed by atoms with Gasteiger partial charge in [-0.25, -0.2) is 0 Å². The summed E-state index contributed by atoms with van der Waals surface area (Å²) < 4.78 is 6.68. The number of esters is 1. The number of rotatable bonds is 6. The van der Waals surface area contributed by atoms with Crippen LogP contribution in [0.25, 0.3) is 0 Å². The maximum absolute atomic E-state index is 12.9. The highest BCUT2D eigenvalue weighted by molar-refractivity contribution is 8.00. The van der Waals surface area contributed by atoms with Crippen molar-refractivity contribution >= 4 is 45.8 Å². The highest BCUT2D eigenvalue weighted by atomic mass is 32.2. The van der Waals surface area contributed by atoms with E-state index in [-0.39, 0.29) is 11.9 Å². The summed E-state index contributed by atoms with van der Waals surface area (Å²) >= 11 is 3.04. The molecule has 0 bridgehead atoms. The number of ether oxygens (including phenoxy) is 1. The number of benzene rings is 1. The van der Waals surface area contributed by atoms with Crippen LogP contribution in [-0.4, -0.2) is 31.8 Å². The lowest BCUT2D eigenvalue weighted by atomic mass is 10.00. The smallest absolute Gasteiger partial charge is 0.306 e. The minimum atomic E-state index is -0.236. The predicted molar refractivity (Wildman–Crippen MR) is 108 cm³/mol. The molecule has 7 heteroatoms. The molecule has 0 N–H and O–H groups in total. The highest BCUT2D eigenvalue weighted by Crippen LogP contribution is 2.35. The summed E-state index contributed by atoms with van der Waals surface area (Å²) in [6.45, 7) is 0. The van der Waals surface area contributed by atoms with Gasteiger partial charge in [0.1, 0.15) is 0 Å². The molecular formula is C19H20N2O3S2. The summed E-state index contributed by atoms with van der Waals surface area (Å²) in [7, 11) is 3.19. The fourth-order valence-corrected chi connectivity index (χ4v) is 4.35. The Balaban J connectivity index is 1.79. The second-order valence-corrected chi connectivity index (χ2v) is 7.75. The number of carbonyl (C=O) groups is 2. The number of fused-ring (bicyclic) bond motifs is 1. The molecule has 0 saturated heterocycles. The van der Waals surface area contributed by atoms with Crippen LogP contribution in [0.4, 0.5) is 10.7 Å². The van der Waals surface area contributed by atoms with Crippen molar-refractivity contribution in [3.8, 4) is 0 Å². The number of methoxy groups -OCH3 is 1. The molecule has 5 nitrogen and oxygen atoms in total. The van der Waals surface area contributed by atoms with Crippen LogP contribution >= 0.6 is 23.3 Å². The maximum atomic E-state index is 12.9. The van der Waals surface area contributed by atoms with E-state index >= 15 is 0 Å². The van der Waals surface area contributed by atoms with Gasteiger partial charge in [0.15, 0.2) is 0 Å². The third-order valence-corrected chi connectivity index (χ3v) is 5.97. The molecule has 1 aliphatic rings. The number of hydrogen-bond acceptors (Lipinski definition) is 6. The van der Waals surface area contributed by atoms with Crippen molar-refractivity contribution in [3.05, 3.63) is 59.1 Å². The molecule has 3 rings (SSSR count). The zero-order valence-electron chi connectivity index (χ0n) is 14.7. The minimum Gasteiger partial charge on any atom is -0.469 e. The first-order valence-corrected chi connectivity index (χ1v) is 10.0. The third-order valence-electron chi connectivity index (χ3n) is 4.06. The molecule has 1 amide bonds. The molecular weight excluding hydrogens is 368 g/mol. The molecule has 26 heavy (non-hydrogen) atoms. The standard InChI is InChI=1S/C19H20N2O3S2/c1-20(17-8-5-10-25-17)19(23)15-12-14-6-3-4-7-16(14)21(13-15)26-11-9-18(22)24-2/h3-8,10,13H,9,11-12H2,1-2H3. The van der Waals surface area contributed by atoms with Crippen molar-refractivity contribution in [2.24, 2.45) is 0 Å². The van der Waals surface area contributed by atoms with Crippen LogP contribution in [0.3, 0.4) is 0 Å². The van der Waals surface area contributed by atoms with Crippen molar-refractivity contribution in [2.45, 2.75) is 12.8 Å². The molecule has 0 atom stereocenters. The van der Waals surface area contributed by atoms with Crippen molar-refractivity contribution in [3.63, 3.8) is 0 Å². The van der Waals surface area contributed by atoms with Gasteiger partial charge in [-0.1, -0.05) is 18.2 Å². The number of thiophene rings is 1. The molecule has 1 aromatic heterocycles. The van der Waals surface area contributed by atoms with Crippen LogP contribution < -0.4 is 9.21 Å². The van der Waals surface area contributed by atoms with Crippen LogP contribution in [-0.2, 0) is 20.7 Å². The Kier molecular flexibility index (Phi) is 6.00. The number of likely N-dealkylation sites (N-methyl/N-ethyl adjacent to an activating group) is 1. The Labute approximate surface area is 161 Å². The van der Waals surface area contributed by atoms with Crippen LogP contribution in [0, 0.1) is 0 Å². The van der Waals surface area contributed by atoms with E-state index in [1.165, 1.54) is 30.4 Å². The zero-order valence-corrected chi connectivity index (χ0v) is 16.3. The molecule has 0 radical (unpaired) electrons. The summed E-state index contributed by atoms with van der Waals surface area (Å²) in [6.07, 6.45) is 2.81. The monoisotopic (exact) mass is 388 g/mol. The summed E-state index contributed by atoms with van der Waals surface area (Å²) in [5, 5.41) is 2.87. The fraction of sp³-hybridized carbons (Fsp3) is 0.263. The SMILES string of the molecule is COC(=O)CCSN1C=C(C(=O)N(C)c2cccs2)Cc2ccccc21. The Morgan fingerprint density at radius 2 is 2.08 bits per heavy atom. The van der Waals surface area contributed by atoms with Gasteiger partial charge < -0.3 is 9.64 Å². The highest BCUT2D eigenvalue weighted by Gasteiger charge is 2.25. The summed E-state index contributed by atoms with van der Waals surface area (Å²) in [6, 6.07) is 11.9. The van der Waals surface area contributed by atoms with Gasteiger partial charge in [0.2, 0.25) is 0 Å². The molecule has 136 valence electrons. The largest absolute Gasteiger partial charge is 0.469 e. The average molecular weight is 389 g/mol. The lowest BCUT2D eigenvalue weighted by Gasteiger charge is -2.29. The minimum absolute atomic E-state index is 0.0134. The Bertz CT molecular complexity index is 818. The first-order valence-electron chi connectivity index (χ1n) is 8.19. The van der Waals surface area contributed by atoms with Gasteiger partial charge in [-0.3, -0.25) is 13.9 Å². The molecule has 0 spiro atoms. The van der Waals surface area contributed by atoms with E-state index in [4.69, 9.17) is 4.74 Å². The van der Waals surface area contributed by atoms with Crippen molar-refractivity contribution in [1.29, 1.82) is 0 Å². The van der Waals surface area contributed by atoms with Crippen molar-refractivity contribution < 1.29 is 14.3 Å². The summed E-state index contributed by atoms with van der Waals surface area (Å²) in [4.78, 5) is 26.0. The molecule has 2 aromatic rings. The van der Waals surface area contributed by atoms with Gasteiger partial charge in [-0.2, -0.15) is 0 Å². The van der Waals surface area contributed by atoms with E-state index in [2.05, 4.69) is 0 Å². The first kappa shape index (κ1) is 18.5. The molecule has 1 aliphatic heterocycles. The lowest BCUT2D eigenvalue weighted by Crippen LogP contribution is -2.30. The number of hydrogen-bond donors (Lipinski definition) is 0. The van der Waals surface area contributed by atoms with E-state index in [0.717, 1.165) is 21.8 Å². The zero-order chi connectivity index (χ0) is 18.5. The quantitative estimate of drug-likeness (QED) is 0.555. The Morgan fingerprint density at radius 3 is 2.81 bits per heavy atom. The molecule has 0 aliphatic carbocycles. The van der Waals surface area contributed by atoms with E-state index in [9.17, 15) is 9.59 Å². The van der Waals surface area contributed by atoms with Gasteiger partial charge in [-0.05, 0) is 41.1 Å². The molecule has 0 fully saturated rings. The summed E-state index contributed by atoms with van der Waals surface area (Å²) in [5.74, 6) is 0.334. The number of amides is 1. The second-order valence-electron chi connectivity index (χ2n) is 5.76. The van der Waals surface area contributed by atoms with Gasteiger partial charge in [0.05, 0.1) is 24.2 Å². The molecule has 1 aromatic carbocycles. The van der Waals surface area contributed by atoms with Crippen molar-refractivity contribution in [2.75, 3.05) is 29.1 Å². The van der Waals surface area contributed by atoms with E-state index in [1.807, 2.05) is 52.3 Å². The Morgan fingerprint density at radius 1 is 1.27 bits per heavy atom. The maximum Gasteiger partial charge on any atom is 0.306 e. The van der Waals surface area contributed by atoms with Crippen molar-refractivity contribution in [1.82, 2.24) is 0 Å². The topological polar surface area (TPSA) is 49.9 Å². The first-order chi connectivity index (χ1) is 12.6. The molecule has 2 heterocycles. The van der Waals surface area contributed by atoms with Gasteiger partial charge in [0.25, 0.3) is 5.91 Å². The second kappa shape index (κ2) is 8.42. The number of anilines is 2. The number of nitrogens with zero attached hydrogens (tertiary/aromatic N) is 2. The third kappa shape index (κ3) is 4.11. The average Bonchev–Trinajstić information content (AvgIpc) is 3.21. The fourth-order valence-electron chi connectivity index (χ4n) is 2.68. The van der Waals surface area contributed by atoms with E-state index < -0.39 is 0 Å². The normalized spacial score (nSPS) is 13.0. The van der Waals surface area contributed by atoms with E-state index in [0.29, 0.717) is 18.6 Å². The Hall–Kier alpha value is -2.25. The lowest BCUT2D eigenvalue weighted by molar-refractivity contribution is -0.140. The van der Waals surface area contributed by atoms with Gasteiger partial charge >= 0.3 is 5.97 Å². The van der Waals surface area contributed by atoms with Crippen LogP contribution in [0.5, 0.6) is 0 Å². The predicted octanol–water partition coefficient (Wildman–Crippen LogP) is 3.87. The molecule has 0 saturated carbocycles. The number of para-hydroxylation sites is 1. The van der Waals surface area contributed by atoms with Gasteiger partial charge in [0, 0.05) is 31.0 Å². The van der Waals surface area contributed by atoms with Crippen LogP contribution in [0.15, 0.2) is 53.6 Å². The van der Waals surface area contributed by atoms with Gasteiger partial charge in [-0.15, -0.1) is 11.3 Å². The summed E-state index contributed by atoms with van der Waals surface area (Å²) in [5.41, 5.74) is 2.88. The number of carbonyl (C=O) groups excluding carboxylic acids is 2. The molecule has 0 unspecified atom stereocenters. The van der Waals surface area contributed by atoms with E-state index in [1.54, 1.807) is 11.9 Å². The van der Waals surface area contributed by atoms with Crippen LogP contribution in [0.1, 0.15) is 12.0 Å². The van der Waals surface area contributed by atoms with Crippen LogP contribution in [0.2, 0.25) is 0 Å².